The second kappa shape index (κ2) is 7.24. The van der Waals surface area contributed by atoms with Crippen molar-refractivity contribution in [3.8, 4) is 0 Å². The molecule has 1 heterocycles. The van der Waals surface area contributed by atoms with Crippen LogP contribution in [0.4, 0.5) is 5.69 Å². The summed E-state index contributed by atoms with van der Waals surface area (Å²) in [5.41, 5.74) is 6.91. The molecule has 0 bridgehead atoms. The van der Waals surface area contributed by atoms with Crippen molar-refractivity contribution in [1.29, 1.82) is 0 Å². The molecule has 1 aliphatic heterocycles. The van der Waals surface area contributed by atoms with Gasteiger partial charge in [-0.1, -0.05) is 0 Å². The summed E-state index contributed by atoms with van der Waals surface area (Å²) < 4.78 is 5.36. The zero-order valence-electron chi connectivity index (χ0n) is 10.2. The minimum Gasteiger partial charge on any atom is -0.399 e. The topological polar surface area (TPSA) is 64.4 Å². The van der Waals surface area contributed by atoms with E-state index in [1.54, 1.807) is 24.3 Å². The first-order chi connectivity index (χ1) is 8.25. The standard InChI is InChI=1S/C13H18N2O2.ClH/c14-11-5-3-10(4-6-11)13(16)15-12-2-1-8-17-9-7-12;/h3-6,12H,1-2,7-9,14H2,(H,15,16);1H. The van der Waals surface area contributed by atoms with Crippen molar-refractivity contribution in [2.45, 2.75) is 25.3 Å². The molecule has 100 valence electrons. The van der Waals surface area contributed by atoms with Crippen molar-refractivity contribution in [3.63, 3.8) is 0 Å². The Bertz CT molecular complexity index is 373. The maximum Gasteiger partial charge on any atom is 0.251 e. The van der Waals surface area contributed by atoms with Crippen LogP contribution in [0, 0.1) is 0 Å². The number of nitrogen functional groups attached to an aromatic ring is 1. The van der Waals surface area contributed by atoms with E-state index in [-0.39, 0.29) is 24.4 Å². The number of ether oxygens (including phenoxy) is 1. The van der Waals surface area contributed by atoms with Crippen molar-refractivity contribution in [3.05, 3.63) is 29.8 Å². The molecule has 1 aliphatic rings. The predicted molar refractivity (Wildman–Crippen MR) is 74.0 cm³/mol. The van der Waals surface area contributed by atoms with Gasteiger partial charge in [0, 0.05) is 30.5 Å². The molecule has 1 unspecified atom stereocenters. The fraction of sp³-hybridized carbons (Fsp3) is 0.462. The Labute approximate surface area is 113 Å². The van der Waals surface area contributed by atoms with Crippen LogP contribution in [0.2, 0.25) is 0 Å². The molecule has 1 fully saturated rings. The molecule has 18 heavy (non-hydrogen) atoms. The third-order valence-electron chi connectivity index (χ3n) is 2.96. The van der Waals surface area contributed by atoms with Crippen molar-refractivity contribution in [1.82, 2.24) is 5.32 Å². The fourth-order valence-electron chi connectivity index (χ4n) is 1.95. The van der Waals surface area contributed by atoms with Crippen LogP contribution >= 0.6 is 12.4 Å². The molecular formula is C13H19ClN2O2. The molecule has 0 aromatic heterocycles. The summed E-state index contributed by atoms with van der Waals surface area (Å²) in [6.45, 7) is 1.53. The smallest absolute Gasteiger partial charge is 0.251 e. The summed E-state index contributed by atoms with van der Waals surface area (Å²) in [7, 11) is 0. The van der Waals surface area contributed by atoms with E-state index >= 15 is 0 Å². The number of amides is 1. The number of rotatable bonds is 2. The van der Waals surface area contributed by atoms with E-state index in [1.165, 1.54) is 0 Å². The van der Waals surface area contributed by atoms with Crippen LogP contribution in [0.15, 0.2) is 24.3 Å². The lowest BCUT2D eigenvalue weighted by molar-refractivity contribution is 0.0929. The molecule has 4 nitrogen and oxygen atoms in total. The predicted octanol–water partition coefficient (Wildman–Crippen LogP) is 1.99. The molecule has 0 radical (unpaired) electrons. The Balaban J connectivity index is 0.00000162. The van der Waals surface area contributed by atoms with Crippen LogP contribution in [-0.2, 0) is 4.74 Å². The van der Waals surface area contributed by atoms with Crippen molar-refractivity contribution in [2.24, 2.45) is 0 Å². The second-order valence-electron chi connectivity index (χ2n) is 4.34. The molecule has 1 atom stereocenters. The lowest BCUT2D eigenvalue weighted by Gasteiger charge is -2.15. The van der Waals surface area contributed by atoms with Crippen molar-refractivity contribution < 1.29 is 9.53 Å². The Kier molecular flexibility index (Phi) is 5.95. The van der Waals surface area contributed by atoms with Gasteiger partial charge in [-0.25, -0.2) is 0 Å². The zero-order chi connectivity index (χ0) is 12.1. The van der Waals surface area contributed by atoms with E-state index in [0.717, 1.165) is 32.5 Å². The fourth-order valence-corrected chi connectivity index (χ4v) is 1.95. The average molecular weight is 271 g/mol. The molecule has 1 aromatic carbocycles. The SMILES string of the molecule is Cl.Nc1ccc(C(=O)NC2CCCOCC2)cc1. The molecule has 3 N–H and O–H groups in total. The highest BCUT2D eigenvalue weighted by atomic mass is 35.5. The number of carbonyl (C=O) groups is 1. The number of hydrogen-bond donors (Lipinski definition) is 2. The van der Waals surface area contributed by atoms with Crippen molar-refractivity contribution in [2.75, 3.05) is 18.9 Å². The monoisotopic (exact) mass is 270 g/mol. The first-order valence-electron chi connectivity index (χ1n) is 6.00. The third kappa shape index (κ3) is 4.20. The lowest BCUT2D eigenvalue weighted by atomic mass is 10.1. The molecule has 1 saturated heterocycles. The Hall–Kier alpha value is -1.26. The lowest BCUT2D eigenvalue weighted by Crippen LogP contribution is -2.34. The summed E-state index contributed by atoms with van der Waals surface area (Å²) in [6.07, 6.45) is 2.88. The van der Waals surface area contributed by atoms with E-state index in [4.69, 9.17) is 10.5 Å². The van der Waals surface area contributed by atoms with Crippen LogP contribution < -0.4 is 11.1 Å². The third-order valence-corrected chi connectivity index (χ3v) is 2.96. The molecule has 0 aliphatic carbocycles. The summed E-state index contributed by atoms with van der Waals surface area (Å²) >= 11 is 0. The van der Waals surface area contributed by atoms with Gasteiger partial charge in [0.25, 0.3) is 5.91 Å². The van der Waals surface area contributed by atoms with Crippen LogP contribution in [0.5, 0.6) is 0 Å². The Morgan fingerprint density at radius 2 is 1.94 bits per heavy atom. The van der Waals surface area contributed by atoms with Gasteiger partial charge < -0.3 is 15.8 Å². The number of carbonyl (C=O) groups excluding carboxylic acids is 1. The number of anilines is 1. The van der Waals surface area contributed by atoms with Gasteiger partial charge in [-0.15, -0.1) is 12.4 Å². The normalized spacial score (nSPS) is 19.4. The van der Waals surface area contributed by atoms with Gasteiger partial charge in [-0.05, 0) is 43.5 Å². The zero-order valence-corrected chi connectivity index (χ0v) is 11.0. The largest absolute Gasteiger partial charge is 0.399 e. The van der Waals surface area contributed by atoms with Crippen LogP contribution in [0.25, 0.3) is 0 Å². The molecule has 0 spiro atoms. The van der Waals surface area contributed by atoms with E-state index in [1.807, 2.05) is 0 Å². The van der Waals surface area contributed by atoms with Gasteiger partial charge in [0.1, 0.15) is 0 Å². The van der Waals surface area contributed by atoms with Gasteiger partial charge in [-0.3, -0.25) is 4.79 Å². The van der Waals surface area contributed by atoms with E-state index in [0.29, 0.717) is 11.3 Å². The van der Waals surface area contributed by atoms with Crippen LogP contribution in [0.1, 0.15) is 29.6 Å². The number of halogens is 1. The maximum absolute atomic E-state index is 11.9. The average Bonchev–Trinajstić information content (AvgIpc) is 2.58. The molecule has 5 heteroatoms. The van der Waals surface area contributed by atoms with Gasteiger partial charge in [0.05, 0.1) is 0 Å². The van der Waals surface area contributed by atoms with Gasteiger partial charge >= 0.3 is 0 Å². The van der Waals surface area contributed by atoms with Crippen LogP contribution in [-0.4, -0.2) is 25.2 Å². The molecule has 1 aromatic rings. The number of nitrogens with one attached hydrogen (secondary N) is 1. The second-order valence-corrected chi connectivity index (χ2v) is 4.34. The summed E-state index contributed by atoms with van der Waals surface area (Å²) in [5.74, 6) is -0.0306. The molecule has 2 rings (SSSR count). The summed E-state index contributed by atoms with van der Waals surface area (Å²) in [5, 5.41) is 3.03. The highest BCUT2D eigenvalue weighted by Crippen LogP contribution is 2.10. The summed E-state index contributed by atoms with van der Waals surface area (Å²) in [6, 6.07) is 7.20. The molecule has 0 saturated carbocycles. The molecular weight excluding hydrogens is 252 g/mol. The highest BCUT2D eigenvalue weighted by molar-refractivity contribution is 5.94. The van der Waals surface area contributed by atoms with E-state index in [9.17, 15) is 4.79 Å². The maximum atomic E-state index is 11.9. The first kappa shape index (κ1) is 14.8. The Morgan fingerprint density at radius 3 is 2.67 bits per heavy atom. The van der Waals surface area contributed by atoms with E-state index in [2.05, 4.69) is 5.32 Å². The van der Waals surface area contributed by atoms with Gasteiger partial charge in [0.2, 0.25) is 0 Å². The number of hydrogen-bond acceptors (Lipinski definition) is 3. The molecule has 1 amide bonds. The van der Waals surface area contributed by atoms with Gasteiger partial charge in [-0.2, -0.15) is 0 Å². The van der Waals surface area contributed by atoms with Crippen molar-refractivity contribution >= 4 is 24.0 Å². The first-order valence-corrected chi connectivity index (χ1v) is 6.00. The quantitative estimate of drug-likeness (QED) is 0.808. The Morgan fingerprint density at radius 1 is 1.22 bits per heavy atom. The highest BCUT2D eigenvalue weighted by Gasteiger charge is 2.15. The number of nitrogens with two attached hydrogens (primary N) is 1. The minimum atomic E-state index is -0.0306. The summed E-state index contributed by atoms with van der Waals surface area (Å²) in [4.78, 5) is 11.9. The van der Waals surface area contributed by atoms with Crippen LogP contribution in [0.3, 0.4) is 0 Å². The van der Waals surface area contributed by atoms with E-state index < -0.39 is 0 Å². The van der Waals surface area contributed by atoms with Gasteiger partial charge in [0.15, 0.2) is 0 Å². The minimum absolute atomic E-state index is 0. The number of benzene rings is 1.